The monoisotopic (exact) mass is 707 g/mol. The lowest BCUT2D eigenvalue weighted by molar-refractivity contribution is -0.140. The molecule has 1 aliphatic carbocycles. The molecule has 0 aliphatic heterocycles. The summed E-state index contributed by atoms with van der Waals surface area (Å²) in [6.07, 6.45) is 5.38. The van der Waals surface area contributed by atoms with Crippen LogP contribution in [0.3, 0.4) is 0 Å². The molecule has 1 fully saturated rings. The lowest BCUT2D eigenvalue weighted by Gasteiger charge is -2.34. The first-order valence-electron chi connectivity index (χ1n) is 14.4. The molecule has 43 heavy (non-hydrogen) atoms. The molecule has 0 bridgehead atoms. The zero-order valence-corrected chi connectivity index (χ0v) is 28.1. The van der Waals surface area contributed by atoms with Crippen LogP contribution in [-0.2, 0) is 26.2 Å². The Morgan fingerprint density at radius 2 is 1.67 bits per heavy atom. The lowest BCUT2D eigenvalue weighted by atomic mass is 9.95. The molecule has 230 valence electrons. The molecule has 0 spiro atoms. The van der Waals surface area contributed by atoms with E-state index in [4.69, 9.17) is 23.2 Å². The minimum Gasteiger partial charge on any atom is -0.352 e. The molecule has 1 aliphatic rings. The van der Waals surface area contributed by atoms with Crippen LogP contribution in [0, 0.1) is 6.92 Å². The van der Waals surface area contributed by atoms with Crippen LogP contribution in [0.15, 0.2) is 76.1 Å². The van der Waals surface area contributed by atoms with E-state index in [-0.39, 0.29) is 23.4 Å². The molecule has 3 aromatic carbocycles. The third-order valence-corrected chi connectivity index (χ3v) is 10.7. The molecule has 7 nitrogen and oxygen atoms in total. The fraction of sp³-hybridized carbons (Fsp3) is 0.375. The van der Waals surface area contributed by atoms with Crippen molar-refractivity contribution >= 4 is 66.7 Å². The fourth-order valence-corrected chi connectivity index (χ4v) is 7.41. The second-order valence-corrected chi connectivity index (χ2v) is 14.4. The van der Waals surface area contributed by atoms with Crippen molar-refractivity contribution in [2.24, 2.45) is 0 Å². The van der Waals surface area contributed by atoms with Crippen molar-refractivity contribution in [1.82, 2.24) is 10.2 Å². The second kappa shape index (κ2) is 14.9. The maximum absolute atomic E-state index is 14.3. The van der Waals surface area contributed by atoms with E-state index in [2.05, 4.69) is 21.2 Å². The van der Waals surface area contributed by atoms with Gasteiger partial charge in [-0.15, -0.1) is 0 Å². The molecule has 11 heteroatoms. The highest BCUT2D eigenvalue weighted by atomic mass is 79.9. The van der Waals surface area contributed by atoms with Gasteiger partial charge in [0.1, 0.15) is 12.6 Å². The van der Waals surface area contributed by atoms with Crippen LogP contribution in [0.5, 0.6) is 0 Å². The van der Waals surface area contributed by atoms with Crippen LogP contribution in [0.4, 0.5) is 5.69 Å². The van der Waals surface area contributed by atoms with E-state index in [0.717, 1.165) is 42.0 Å². The van der Waals surface area contributed by atoms with Crippen molar-refractivity contribution in [3.05, 3.63) is 92.4 Å². The zero-order chi connectivity index (χ0) is 31.1. The summed E-state index contributed by atoms with van der Waals surface area (Å²) in [6.45, 7) is 3.25. The molecule has 0 aromatic heterocycles. The minimum absolute atomic E-state index is 0.0449. The summed E-state index contributed by atoms with van der Waals surface area (Å²) in [4.78, 5) is 29.4. The molecule has 1 atom stereocenters. The standard InChI is InChI=1S/C32H36BrCl2N3O4S/c1-3-30(32(40)36-25-9-5-4-6-10-25)37(20-23-14-17-28(34)29(35)18-23)31(39)21-38(26-11-7-8-24(33)19-26)43(41,42)27-15-12-22(2)13-16-27/h7-8,11-19,25,30H,3-6,9-10,20-21H2,1-2H3,(H,36,40). The molecule has 2 amide bonds. The van der Waals surface area contributed by atoms with E-state index in [9.17, 15) is 18.0 Å². The number of anilines is 1. The SMILES string of the molecule is CCC(C(=O)NC1CCCCC1)N(Cc1ccc(Cl)c(Cl)c1)C(=O)CN(c1cccc(Br)c1)S(=O)(=O)c1ccc(C)cc1. The van der Waals surface area contributed by atoms with Gasteiger partial charge >= 0.3 is 0 Å². The summed E-state index contributed by atoms with van der Waals surface area (Å²) < 4.78 is 29.8. The number of hydrogen-bond donors (Lipinski definition) is 1. The molecule has 1 N–H and O–H groups in total. The summed E-state index contributed by atoms with van der Waals surface area (Å²) in [5, 5.41) is 3.84. The van der Waals surface area contributed by atoms with Gasteiger partial charge in [-0.25, -0.2) is 8.42 Å². The van der Waals surface area contributed by atoms with Crippen molar-refractivity contribution in [1.29, 1.82) is 0 Å². The Kier molecular flexibility index (Phi) is 11.6. The van der Waals surface area contributed by atoms with Crippen LogP contribution in [0.1, 0.15) is 56.6 Å². The number of benzene rings is 3. The van der Waals surface area contributed by atoms with Gasteiger partial charge in [0, 0.05) is 17.1 Å². The maximum Gasteiger partial charge on any atom is 0.264 e. The predicted octanol–water partition coefficient (Wildman–Crippen LogP) is 7.52. The van der Waals surface area contributed by atoms with Gasteiger partial charge in [0.05, 0.1) is 20.6 Å². The van der Waals surface area contributed by atoms with E-state index in [1.165, 1.54) is 17.0 Å². The number of carbonyl (C=O) groups excluding carboxylic acids is 2. The number of amides is 2. The average Bonchev–Trinajstić information content (AvgIpc) is 2.98. The van der Waals surface area contributed by atoms with Crippen molar-refractivity contribution in [2.75, 3.05) is 10.8 Å². The van der Waals surface area contributed by atoms with E-state index in [0.29, 0.717) is 32.2 Å². The Bertz CT molecular complexity index is 1550. The zero-order valence-electron chi connectivity index (χ0n) is 24.2. The number of nitrogens with one attached hydrogen (secondary N) is 1. The van der Waals surface area contributed by atoms with Crippen LogP contribution in [0.25, 0.3) is 0 Å². The van der Waals surface area contributed by atoms with E-state index in [1.807, 2.05) is 13.8 Å². The summed E-state index contributed by atoms with van der Waals surface area (Å²) in [6, 6.07) is 17.5. The topological polar surface area (TPSA) is 86.8 Å². The average molecular weight is 710 g/mol. The van der Waals surface area contributed by atoms with Gasteiger partial charge in [0.25, 0.3) is 10.0 Å². The third kappa shape index (κ3) is 8.53. The smallest absolute Gasteiger partial charge is 0.264 e. The Morgan fingerprint density at radius 3 is 2.30 bits per heavy atom. The van der Waals surface area contributed by atoms with Crippen molar-refractivity contribution in [3.63, 3.8) is 0 Å². The first kappa shape index (κ1) is 33.3. The molecule has 1 saturated carbocycles. The van der Waals surface area contributed by atoms with E-state index in [1.54, 1.807) is 54.6 Å². The summed E-state index contributed by atoms with van der Waals surface area (Å²) in [7, 11) is -4.15. The summed E-state index contributed by atoms with van der Waals surface area (Å²) >= 11 is 15.9. The number of rotatable bonds is 11. The number of hydrogen-bond acceptors (Lipinski definition) is 4. The molecule has 3 aromatic rings. The van der Waals surface area contributed by atoms with E-state index < -0.39 is 28.5 Å². The normalized spacial score (nSPS) is 14.6. The van der Waals surface area contributed by atoms with Crippen LogP contribution < -0.4 is 9.62 Å². The largest absolute Gasteiger partial charge is 0.352 e. The number of sulfonamides is 1. The van der Waals surface area contributed by atoms with Gasteiger partial charge in [-0.3, -0.25) is 13.9 Å². The fourth-order valence-electron chi connectivity index (χ4n) is 5.30. The Balaban J connectivity index is 1.72. The third-order valence-electron chi connectivity index (χ3n) is 7.66. The summed E-state index contributed by atoms with van der Waals surface area (Å²) in [5.41, 5.74) is 1.89. The van der Waals surface area contributed by atoms with Crippen LogP contribution in [0.2, 0.25) is 10.0 Å². The number of aryl methyl sites for hydroxylation is 1. The highest BCUT2D eigenvalue weighted by molar-refractivity contribution is 9.10. The van der Waals surface area contributed by atoms with Crippen molar-refractivity contribution < 1.29 is 18.0 Å². The number of halogens is 3. The lowest BCUT2D eigenvalue weighted by Crippen LogP contribution is -2.54. The molecular weight excluding hydrogens is 673 g/mol. The summed E-state index contributed by atoms with van der Waals surface area (Å²) in [5.74, 6) is -0.773. The van der Waals surface area contributed by atoms with Gasteiger partial charge in [-0.1, -0.05) is 95.1 Å². The molecule has 0 heterocycles. The van der Waals surface area contributed by atoms with Crippen LogP contribution >= 0.6 is 39.1 Å². The Morgan fingerprint density at radius 1 is 0.977 bits per heavy atom. The molecule has 1 unspecified atom stereocenters. The van der Waals surface area contributed by atoms with Crippen molar-refractivity contribution in [2.45, 2.75) is 75.9 Å². The Hall–Kier alpha value is -2.59. The first-order chi connectivity index (χ1) is 20.5. The minimum atomic E-state index is -4.15. The van der Waals surface area contributed by atoms with Crippen molar-refractivity contribution in [3.8, 4) is 0 Å². The van der Waals surface area contributed by atoms with Gasteiger partial charge in [-0.2, -0.15) is 0 Å². The first-order valence-corrected chi connectivity index (χ1v) is 17.4. The molecule has 0 radical (unpaired) electrons. The van der Waals surface area contributed by atoms with Gasteiger partial charge < -0.3 is 10.2 Å². The molecule has 0 saturated heterocycles. The van der Waals surface area contributed by atoms with Crippen LogP contribution in [-0.4, -0.2) is 43.8 Å². The molecule has 4 rings (SSSR count). The van der Waals surface area contributed by atoms with Gasteiger partial charge in [-0.05, 0) is 74.2 Å². The highest BCUT2D eigenvalue weighted by Crippen LogP contribution is 2.28. The predicted molar refractivity (Wildman–Crippen MR) is 176 cm³/mol. The number of nitrogens with zero attached hydrogens (tertiary/aromatic N) is 2. The quantitative estimate of drug-likeness (QED) is 0.223. The maximum atomic E-state index is 14.3. The van der Waals surface area contributed by atoms with E-state index >= 15 is 0 Å². The Labute approximate surface area is 272 Å². The van der Waals surface area contributed by atoms with Gasteiger partial charge in [0.15, 0.2) is 0 Å². The number of carbonyl (C=O) groups is 2. The van der Waals surface area contributed by atoms with Gasteiger partial charge in [0.2, 0.25) is 11.8 Å². The highest BCUT2D eigenvalue weighted by Gasteiger charge is 2.34. The molecular formula is C32H36BrCl2N3O4S. The second-order valence-electron chi connectivity index (χ2n) is 10.8.